The largest absolute Gasteiger partial charge is 0.369 e. The van der Waals surface area contributed by atoms with Crippen LogP contribution < -0.4 is 5.73 Å². The minimum Gasteiger partial charge on any atom is -0.369 e. The minimum atomic E-state index is -0.231. The van der Waals surface area contributed by atoms with E-state index in [4.69, 9.17) is 5.73 Å². The van der Waals surface area contributed by atoms with Crippen molar-refractivity contribution in [3.63, 3.8) is 0 Å². The van der Waals surface area contributed by atoms with E-state index >= 15 is 0 Å². The normalized spacial score (nSPS) is 23.9. The van der Waals surface area contributed by atoms with Gasteiger partial charge in [-0.15, -0.1) is 0 Å². The summed E-state index contributed by atoms with van der Waals surface area (Å²) < 4.78 is 15.4. The summed E-state index contributed by atoms with van der Waals surface area (Å²) in [7, 11) is 0. The summed E-state index contributed by atoms with van der Waals surface area (Å²) in [6, 6.07) is 4.66. The number of rotatable bonds is 2. The fourth-order valence-corrected chi connectivity index (χ4v) is 3.29. The van der Waals surface area contributed by atoms with Crippen molar-refractivity contribution in [3.05, 3.63) is 24.0 Å². The van der Waals surface area contributed by atoms with Gasteiger partial charge in [-0.25, -0.2) is 9.37 Å². The third kappa shape index (κ3) is 2.44. The van der Waals surface area contributed by atoms with Crippen molar-refractivity contribution in [2.24, 2.45) is 11.8 Å². The number of anilines is 1. The predicted octanol–water partition coefficient (Wildman–Crippen LogP) is 3.58. The first kappa shape index (κ1) is 12.5. The molecule has 4 heteroatoms. The van der Waals surface area contributed by atoms with E-state index < -0.39 is 0 Å². The van der Waals surface area contributed by atoms with E-state index in [2.05, 4.69) is 11.9 Å². The second kappa shape index (κ2) is 4.83. The predicted molar refractivity (Wildman–Crippen MR) is 75.2 cm³/mol. The zero-order chi connectivity index (χ0) is 13.4. The Morgan fingerprint density at radius 1 is 1.42 bits per heavy atom. The monoisotopic (exact) mass is 261 g/mol. The summed E-state index contributed by atoms with van der Waals surface area (Å²) >= 11 is 0. The van der Waals surface area contributed by atoms with Crippen LogP contribution in [0.4, 0.5) is 10.3 Å². The summed E-state index contributed by atoms with van der Waals surface area (Å²) in [5, 5.41) is 0. The van der Waals surface area contributed by atoms with Crippen molar-refractivity contribution in [2.75, 3.05) is 5.73 Å². The molecule has 1 aliphatic rings. The third-order valence-corrected chi connectivity index (χ3v) is 4.23. The standard InChI is InChI=1S/C15H20FN3/c1-10-3-2-4-11(7-10)9-19-14-8-12(16)5-6-13(14)18-15(19)17/h5-6,8,10-11H,2-4,7,9H2,1H3,(H2,17,18). The number of nitrogen functional groups attached to an aromatic ring is 1. The molecular formula is C15H20FN3. The Morgan fingerprint density at radius 2 is 2.26 bits per heavy atom. The summed E-state index contributed by atoms with van der Waals surface area (Å²) in [6.07, 6.45) is 5.07. The van der Waals surface area contributed by atoms with Gasteiger partial charge in [-0.05, 0) is 42.9 Å². The van der Waals surface area contributed by atoms with Crippen LogP contribution >= 0.6 is 0 Å². The lowest BCUT2D eigenvalue weighted by Gasteiger charge is -2.27. The third-order valence-electron chi connectivity index (χ3n) is 4.23. The van der Waals surface area contributed by atoms with Crippen LogP contribution in [0.3, 0.4) is 0 Å². The van der Waals surface area contributed by atoms with Crippen molar-refractivity contribution in [1.82, 2.24) is 9.55 Å². The Hall–Kier alpha value is -1.58. The van der Waals surface area contributed by atoms with Crippen LogP contribution in [-0.2, 0) is 6.54 Å². The van der Waals surface area contributed by atoms with Crippen LogP contribution in [-0.4, -0.2) is 9.55 Å². The highest BCUT2D eigenvalue weighted by molar-refractivity contribution is 5.78. The molecule has 1 aliphatic carbocycles. The summed E-state index contributed by atoms with van der Waals surface area (Å²) in [6.45, 7) is 3.16. The molecule has 0 spiro atoms. The molecule has 3 rings (SSSR count). The van der Waals surface area contributed by atoms with Gasteiger partial charge in [0.1, 0.15) is 5.82 Å². The van der Waals surface area contributed by atoms with Gasteiger partial charge in [0.25, 0.3) is 0 Å². The van der Waals surface area contributed by atoms with E-state index in [1.54, 1.807) is 6.07 Å². The van der Waals surface area contributed by atoms with E-state index in [0.29, 0.717) is 11.9 Å². The van der Waals surface area contributed by atoms with Gasteiger partial charge in [0.15, 0.2) is 0 Å². The van der Waals surface area contributed by atoms with Crippen LogP contribution in [0.2, 0.25) is 0 Å². The van der Waals surface area contributed by atoms with Gasteiger partial charge in [0, 0.05) is 6.54 Å². The maximum Gasteiger partial charge on any atom is 0.201 e. The van der Waals surface area contributed by atoms with E-state index in [1.165, 1.54) is 37.8 Å². The molecule has 2 N–H and O–H groups in total. The number of hydrogen-bond donors (Lipinski definition) is 1. The molecular weight excluding hydrogens is 241 g/mol. The first-order chi connectivity index (χ1) is 9.13. The van der Waals surface area contributed by atoms with Crippen LogP contribution in [0, 0.1) is 17.7 Å². The second-order valence-corrected chi connectivity index (χ2v) is 5.85. The lowest BCUT2D eigenvalue weighted by atomic mass is 9.82. The van der Waals surface area contributed by atoms with Gasteiger partial charge in [-0.1, -0.05) is 19.8 Å². The molecule has 2 unspecified atom stereocenters. The van der Waals surface area contributed by atoms with Gasteiger partial charge < -0.3 is 10.3 Å². The van der Waals surface area contributed by atoms with Crippen LogP contribution in [0.5, 0.6) is 0 Å². The molecule has 0 aliphatic heterocycles. The number of fused-ring (bicyclic) bond motifs is 1. The fraction of sp³-hybridized carbons (Fsp3) is 0.533. The molecule has 3 nitrogen and oxygen atoms in total. The zero-order valence-corrected chi connectivity index (χ0v) is 11.3. The first-order valence-corrected chi connectivity index (χ1v) is 7.04. The molecule has 0 amide bonds. The quantitative estimate of drug-likeness (QED) is 0.898. The summed E-state index contributed by atoms with van der Waals surface area (Å²) in [5.74, 6) is 1.68. The van der Waals surface area contributed by atoms with Crippen molar-refractivity contribution in [3.8, 4) is 0 Å². The molecule has 0 radical (unpaired) electrons. The van der Waals surface area contributed by atoms with E-state index in [-0.39, 0.29) is 5.82 Å². The molecule has 1 aromatic heterocycles. The van der Waals surface area contributed by atoms with Crippen molar-refractivity contribution >= 4 is 17.0 Å². The maximum absolute atomic E-state index is 13.4. The molecule has 1 heterocycles. The Kier molecular flexibility index (Phi) is 3.17. The SMILES string of the molecule is CC1CCCC(Cn2c(N)nc3ccc(F)cc32)C1. The second-order valence-electron chi connectivity index (χ2n) is 5.85. The van der Waals surface area contributed by atoms with Crippen molar-refractivity contribution < 1.29 is 4.39 Å². The molecule has 1 saturated carbocycles. The number of nitrogens with zero attached hydrogens (tertiary/aromatic N) is 2. The molecule has 2 aromatic rings. The highest BCUT2D eigenvalue weighted by atomic mass is 19.1. The molecule has 19 heavy (non-hydrogen) atoms. The zero-order valence-electron chi connectivity index (χ0n) is 11.3. The first-order valence-electron chi connectivity index (χ1n) is 7.04. The highest BCUT2D eigenvalue weighted by Gasteiger charge is 2.21. The van der Waals surface area contributed by atoms with Crippen LogP contribution in [0.1, 0.15) is 32.6 Å². The lowest BCUT2D eigenvalue weighted by Crippen LogP contribution is -2.19. The summed E-state index contributed by atoms with van der Waals surface area (Å²) in [5.41, 5.74) is 7.58. The maximum atomic E-state index is 13.4. The number of halogens is 1. The Morgan fingerprint density at radius 3 is 3.05 bits per heavy atom. The molecule has 1 fully saturated rings. The van der Waals surface area contributed by atoms with E-state index in [0.717, 1.165) is 23.5 Å². The molecule has 1 aromatic carbocycles. The van der Waals surface area contributed by atoms with Crippen LogP contribution in [0.15, 0.2) is 18.2 Å². The van der Waals surface area contributed by atoms with E-state index in [9.17, 15) is 4.39 Å². The van der Waals surface area contributed by atoms with Gasteiger partial charge in [0.05, 0.1) is 11.0 Å². The number of hydrogen-bond acceptors (Lipinski definition) is 2. The van der Waals surface area contributed by atoms with Crippen molar-refractivity contribution in [2.45, 2.75) is 39.2 Å². The number of aromatic nitrogens is 2. The minimum absolute atomic E-state index is 0.231. The lowest BCUT2D eigenvalue weighted by molar-refractivity contribution is 0.259. The molecule has 0 saturated heterocycles. The molecule has 0 bridgehead atoms. The smallest absolute Gasteiger partial charge is 0.201 e. The Labute approximate surface area is 112 Å². The molecule has 102 valence electrons. The Balaban J connectivity index is 1.91. The average molecular weight is 261 g/mol. The van der Waals surface area contributed by atoms with Gasteiger partial charge in [0.2, 0.25) is 5.95 Å². The topological polar surface area (TPSA) is 43.8 Å². The van der Waals surface area contributed by atoms with Gasteiger partial charge >= 0.3 is 0 Å². The van der Waals surface area contributed by atoms with Gasteiger partial charge in [-0.3, -0.25) is 0 Å². The number of benzene rings is 1. The molecule has 2 atom stereocenters. The van der Waals surface area contributed by atoms with Crippen LogP contribution in [0.25, 0.3) is 11.0 Å². The fourth-order valence-electron chi connectivity index (χ4n) is 3.29. The van der Waals surface area contributed by atoms with Gasteiger partial charge in [-0.2, -0.15) is 0 Å². The van der Waals surface area contributed by atoms with Crippen molar-refractivity contribution in [1.29, 1.82) is 0 Å². The number of imidazole rings is 1. The number of nitrogens with two attached hydrogens (primary N) is 1. The highest BCUT2D eigenvalue weighted by Crippen LogP contribution is 2.31. The Bertz CT molecular complexity index is 590. The summed E-state index contributed by atoms with van der Waals surface area (Å²) in [4.78, 5) is 4.31. The van der Waals surface area contributed by atoms with E-state index in [1.807, 2.05) is 4.57 Å². The average Bonchev–Trinajstić information content (AvgIpc) is 2.66.